The molecule has 0 aliphatic carbocycles. The minimum atomic E-state index is 0.227. The van der Waals surface area contributed by atoms with E-state index in [1.165, 1.54) is 11.3 Å². The van der Waals surface area contributed by atoms with Crippen molar-refractivity contribution < 1.29 is 14.2 Å². The minimum Gasteiger partial charge on any atom is -0.485 e. The van der Waals surface area contributed by atoms with Gasteiger partial charge < -0.3 is 14.2 Å². The zero-order valence-corrected chi connectivity index (χ0v) is 13.5. The highest BCUT2D eigenvalue weighted by Gasteiger charge is 2.16. The summed E-state index contributed by atoms with van der Waals surface area (Å²) < 4.78 is 18.1. The fraction of sp³-hybridized carbons (Fsp3) is 0.133. The standard InChI is InChI=1S/C15H10N6O3S/c1-2-11-12(24-8-23-11)5-9(1)22-7-13-18-19-15-21(13)20-14(25-15)10-6-16-3-4-17-10/h1-6H,7-8H2. The monoisotopic (exact) mass is 354 g/mol. The fourth-order valence-corrected chi connectivity index (χ4v) is 3.19. The van der Waals surface area contributed by atoms with Crippen LogP contribution in [0.5, 0.6) is 17.2 Å². The first-order valence-corrected chi connectivity index (χ1v) is 8.18. The maximum absolute atomic E-state index is 5.78. The van der Waals surface area contributed by atoms with Crippen molar-refractivity contribution in [1.82, 2.24) is 29.8 Å². The molecule has 0 amide bonds. The van der Waals surface area contributed by atoms with Gasteiger partial charge in [-0.15, -0.1) is 10.2 Å². The summed E-state index contributed by atoms with van der Waals surface area (Å²) in [5.41, 5.74) is 0.695. The first kappa shape index (κ1) is 14.1. The van der Waals surface area contributed by atoms with Gasteiger partial charge >= 0.3 is 0 Å². The summed E-state index contributed by atoms with van der Waals surface area (Å²) in [4.78, 5) is 8.97. The van der Waals surface area contributed by atoms with E-state index in [-0.39, 0.29) is 13.4 Å². The molecule has 4 aromatic rings. The third-order valence-corrected chi connectivity index (χ3v) is 4.47. The maximum Gasteiger partial charge on any atom is 0.235 e. The Bertz CT molecular complexity index is 1050. The Hall–Kier alpha value is -3.27. The Morgan fingerprint density at radius 3 is 3.04 bits per heavy atom. The molecule has 5 rings (SSSR count). The molecule has 0 saturated heterocycles. The largest absolute Gasteiger partial charge is 0.485 e. The molecule has 0 radical (unpaired) electrons. The summed E-state index contributed by atoms with van der Waals surface area (Å²) in [5.74, 6) is 2.64. The van der Waals surface area contributed by atoms with E-state index in [1.807, 2.05) is 12.1 Å². The number of rotatable bonds is 4. The molecular formula is C15H10N6O3S. The molecule has 0 unspecified atom stereocenters. The van der Waals surface area contributed by atoms with Crippen LogP contribution in [0.25, 0.3) is 15.7 Å². The first-order valence-electron chi connectivity index (χ1n) is 7.37. The number of hydrogen-bond donors (Lipinski definition) is 0. The maximum atomic E-state index is 5.78. The van der Waals surface area contributed by atoms with E-state index in [0.717, 1.165) is 5.01 Å². The van der Waals surface area contributed by atoms with Crippen LogP contribution in [-0.2, 0) is 6.61 Å². The second kappa shape index (κ2) is 5.67. The van der Waals surface area contributed by atoms with E-state index in [4.69, 9.17) is 14.2 Å². The van der Waals surface area contributed by atoms with Crippen molar-refractivity contribution in [3.05, 3.63) is 42.6 Å². The third-order valence-electron chi connectivity index (χ3n) is 3.55. The van der Waals surface area contributed by atoms with Gasteiger partial charge in [-0.05, 0) is 12.1 Å². The van der Waals surface area contributed by atoms with Crippen molar-refractivity contribution in [2.24, 2.45) is 0 Å². The fourth-order valence-electron chi connectivity index (χ4n) is 2.38. The van der Waals surface area contributed by atoms with Crippen LogP contribution in [0.3, 0.4) is 0 Å². The van der Waals surface area contributed by atoms with E-state index in [9.17, 15) is 0 Å². The van der Waals surface area contributed by atoms with Crippen molar-refractivity contribution in [2.45, 2.75) is 6.61 Å². The smallest absolute Gasteiger partial charge is 0.235 e. The Morgan fingerprint density at radius 2 is 2.12 bits per heavy atom. The molecule has 0 bridgehead atoms. The number of hydrogen-bond acceptors (Lipinski definition) is 9. The molecule has 1 aliphatic rings. The van der Waals surface area contributed by atoms with Crippen LogP contribution in [-0.4, -0.2) is 36.6 Å². The molecule has 0 atom stereocenters. The molecule has 0 fully saturated rings. The van der Waals surface area contributed by atoms with Crippen molar-refractivity contribution in [3.63, 3.8) is 0 Å². The number of benzene rings is 1. The zero-order chi connectivity index (χ0) is 16.6. The lowest BCUT2D eigenvalue weighted by atomic mass is 10.3. The predicted octanol–water partition coefficient (Wildman–Crippen LogP) is 1.95. The highest BCUT2D eigenvalue weighted by molar-refractivity contribution is 7.19. The van der Waals surface area contributed by atoms with E-state index >= 15 is 0 Å². The van der Waals surface area contributed by atoms with Crippen LogP contribution in [0.15, 0.2) is 36.8 Å². The third kappa shape index (κ3) is 2.52. The average Bonchev–Trinajstić information content (AvgIpc) is 3.36. The lowest BCUT2D eigenvalue weighted by Crippen LogP contribution is -2.02. The van der Waals surface area contributed by atoms with E-state index in [2.05, 4.69) is 25.3 Å². The lowest BCUT2D eigenvalue weighted by molar-refractivity contribution is 0.173. The number of fused-ring (bicyclic) bond motifs is 2. The van der Waals surface area contributed by atoms with Gasteiger partial charge in [0.15, 0.2) is 22.3 Å². The van der Waals surface area contributed by atoms with Crippen LogP contribution in [0, 0.1) is 0 Å². The molecule has 0 spiro atoms. The number of aromatic nitrogens is 6. The van der Waals surface area contributed by atoms with Gasteiger partial charge in [-0.25, -0.2) is 0 Å². The first-order chi connectivity index (χ1) is 12.4. The average molecular weight is 354 g/mol. The van der Waals surface area contributed by atoms with Gasteiger partial charge in [0.1, 0.15) is 18.1 Å². The van der Waals surface area contributed by atoms with Crippen molar-refractivity contribution in [3.8, 4) is 28.0 Å². The topological polar surface area (TPSA) is 96.6 Å². The van der Waals surface area contributed by atoms with Gasteiger partial charge in [0.2, 0.25) is 11.8 Å². The molecular weight excluding hydrogens is 344 g/mol. The minimum absolute atomic E-state index is 0.227. The molecule has 124 valence electrons. The molecule has 9 nitrogen and oxygen atoms in total. The van der Waals surface area contributed by atoms with Crippen molar-refractivity contribution >= 4 is 16.3 Å². The zero-order valence-electron chi connectivity index (χ0n) is 12.7. The Labute approximate surface area is 144 Å². The van der Waals surface area contributed by atoms with Gasteiger partial charge in [0, 0.05) is 18.5 Å². The summed E-state index contributed by atoms with van der Waals surface area (Å²) >= 11 is 1.39. The molecule has 1 aliphatic heterocycles. The summed E-state index contributed by atoms with van der Waals surface area (Å²) in [6.07, 6.45) is 4.91. The van der Waals surface area contributed by atoms with Gasteiger partial charge in [-0.1, -0.05) is 11.3 Å². The number of nitrogens with zero attached hydrogens (tertiary/aromatic N) is 6. The van der Waals surface area contributed by atoms with Crippen LogP contribution in [0.4, 0.5) is 0 Å². The van der Waals surface area contributed by atoms with E-state index in [1.54, 1.807) is 29.2 Å². The highest BCUT2D eigenvalue weighted by Crippen LogP contribution is 2.35. The van der Waals surface area contributed by atoms with Gasteiger partial charge in [-0.2, -0.15) is 9.61 Å². The summed E-state index contributed by atoms with van der Waals surface area (Å²) in [5, 5.41) is 13.5. The Balaban J connectivity index is 1.39. The Morgan fingerprint density at radius 1 is 1.16 bits per heavy atom. The second-order valence-electron chi connectivity index (χ2n) is 5.11. The molecule has 4 heterocycles. The van der Waals surface area contributed by atoms with E-state index in [0.29, 0.717) is 33.7 Å². The SMILES string of the molecule is c1cnc(-c2nn3c(COc4ccc5c(c4)OCO5)nnc3s2)cn1. The van der Waals surface area contributed by atoms with Crippen molar-refractivity contribution in [1.29, 1.82) is 0 Å². The molecule has 3 aromatic heterocycles. The molecule has 1 aromatic carbocycles. The molecule has 0 saturated carbocycles. The molecule has 0 N–H and O–H groups in total. The predicted molar refractivity (Wildman–Crippen MR) is 86.6 cm³/mol. The van der Waals surface area contributed by atoms with E-state index < -0.39 is 0 Å². The van der Waals surface area contributed by atoms with Crippen LogP contribution in [0.1, 0.15) is 5.82 Å². The number of ether oxygens (including phenoxy) is 3. The van der Waals surface area contributed by atoms with Crippen LogP contribution in [0.2, 0.25) is 0 Å². The Kier molecular flexibility index (Phi) is 3.20. The van der Waals surface area contributed by atoms with Gasteiger partial charge in [0.05, 0.1) is 6.20 Å². The summed E-state index contributed by atoms with van der Waals surface area (Å²) in [7, 11) is 0. The van der Waals surface area contributed by atoms with Crippen molar-refractivity contribution in [2.75, 3.05) is 6.79 Å². The van der Waals surface area contributed by atoms with Crippen LogP contribution >= 0.6 is 11.3 Å². The summed E-state index contributed by atoms with van der Waals surface area (Å²) in [6, 6.07) is 5.41. The quantitative estimate of drug-likeness (QED) is 0.549. The highest BCUT2D eigenvalue weighted by atomic mass is 32.1. The second-order valence-corrected chi connectivity index (χ2v) is 6.07. The molecule has 25 heavy (non-hydrogen) atoms. The lowest BCUT2D eigenvalue weighted by Gasteiger charge is -2.05. The van der Waals surface area contributed by atoms with Gasteiger partial charge in [-0.3, -0.25) is 9.97 Å². The van der Waals surface area contributed by atoms with Gasteiger partial charge in [0.25, 0.3) is 0 Å². The summed E-state index contributed by atoms with van der Waals surface area (Å²) in [6.45, 7) is 0.456. The molecule has 10 heteroatoms. The normalized spacial score (nSPS) is 12.6. The van der Waals surface area contributed by atoms with Crippen LogP contribution < -0.4 is 14.2 Å².